The van der Waals surface area contributed by atoms with E-state index in [1.54, 1.807) is 0 Å². The molecule has 0 bridgehead atoms. The van der Waals surface area contributed by atoms with Gasteiger partial charge in [0.15, 0.2) is 0 Å². The van der Waals surface area contributed by atoms with Gasteiger partial charge in [-0.1, -0.05) is 0 Å². The Kier molecular flexibility index (Phi) is 6.98. The second kappa shape index (κ2) is 7.10. The van der Waals surface area contributed by atoms with Crippen molar-refractivity contribution >= 4 is 0 Å². The molecule has 4 unspecified atom stereocenters. The minimum Gasteiger partial charge on any atom is -0.394 e. The molecule has 4 atom stereocenters. The molecule has 6 N–H and O–H groups in total. The lowest BCUT2D eigenvalue weighted by atomic mass is 10.0. The third-order valence-corrected chi connectivity index (χ3v) is 1.89. The Morgan fingerprint density at radius 2 is 0.929 bits per heavy atom. The molecule has 86 valence electrons. The number of aliphatic hydroxyl groups excluding tert-OH is 6. The maximum atomic E-state index is 9.25. The molecule has 6 heteroatoms. The van der Waals surface area contributed by atoms with Crippen LogP contribution >= 0.6 is 0 Å². The van der Waals surface area contributed by atoms with E-state index in [0.29, 0.717) is 0 Å². The highest BCUT2D eigenvalue weighted by Gasteiger charge is 2.22. The summed E-state index contributed by atoms with van der Waals surface area (Å²) >= 11 is 0. The highest BCUT2D eigenvalue weighted by atomic mass is 16.3. The van der Waals surface area contributed by atoms with Gasteiger partial charge in [-0.25, -0.2) is 0 Å². The fraction of sp³-hybridized carbons (Fsp3) is 1.00. The van der Waals surface area contributed by atoms with E-state index >= 15 is 0 Å². The first-order valence-corrected chi connectivity index (χ1v) is 4.45. The molecule has 0 fully saturated rings. The van der Waals surface area contributed by atoms with E-state index in [2.05, 4.69) is 0 Å². The first-order valence-electron chi connectivity index (χ1n) is 4.45. The van der Waals surface area contributed by atoms with Crippen LogP contribution in [-0.2, 0) is 0 Å². The average molecular weight is 210 g/mol. The summed E-state index contributed by atoms with van der Waals surface area (Å²) in [5.74, 6) is 0. The molecule has 0 aromatic heterocycles. The average Bonchev–Trinajstić information content (AvgIpc) is 2.17. The zero-order chi connectivity index (χ0) is 11.1. The van der Waals surface area contributed by atoms with Crippen LogP contribution in [-0.4, -0.2) is 68.3 Å². The van der Waals surface area contributed by atoms with E-state index in [1.807, 2.05) is 0 Å². The van der Waals surface area contributed by atoms with Gasteiger partial charge in [-0.2, -0.15) is 0 Å². The number of aliphatic hydroxyl groups is 6. The molecule has 0 heterocycles. The molecule has 0 saturated carbocycles. The fourth-order valence-corrected chi connectivity index (χ4v) is 1.02. The predicted octanol–water partition coefficient (Wildman–Crippen LogP) is -2.81. The van der Waals surface area contributed by atoms with Crippen molar-refractivity contribution in [3.8, 4) is 0 Å². The molecular formula is C8H18O6. The third kappa shape index (κ3) is 5.48. The molecule has 0 radical (unpaired) electrons. The van der Waals surface area contributed by atoms with Gasteiger partial charge in [-0.15, -0.1) is 0 Å². The highest BCUT2D eigenvalue weighted by molar-refractivity contribution is 4.73. The van der Waals surface area contributed by atoms with Gasteiger partial charge in [0, 0.05) is 12.8 Å². The van der Waals surface area contributed by atoms with E-state index in [-0.39, 0.29) is 12.8 Å². The quantitative estimate of drug-likeness (QED) is 0.270. The van der Waals surface area contributed by atoms with Gasteiger partial charge in [-0.05, 0) is 0 Å². The first-order chi connectivity index (χ1) is 6.51. The molecule has 14 heavy (non-hydrogen) atoms. The Hall–Kier alpha value is -0.240. The maximum Gasteiger partial charge on any atom is 0.0825 e. The molecule has 0 spiro atoms. The summed E-state index contributed by atoms with van der Waals surface area (Å²) in [7, 11) is 0. The van der Waals surface area contributed by atoms with E-state index in [1.165, 1.54) is 0 Å². The number of hydrogen-bond acceptors (Lipinski definition) is 6. The Bertz CT molecular complexity index is 126. The summed E-state index contributed by atoms with van der Waals surface area (Å²) in [6.45, 7) is -0.987. The molecule has 0 aliphatic rings. The molecule has 0 aromatic rings. The lowest BCUT2D eigenvalue weighted by Gasteiger charge is -2.21. The van der Waals surface area contributed by atoms with Crippen molar-refractivity contribution in [3.05, 3.63) is 0 Å². The summed E-state index contributed by atoms with van der Waals surface area (Å²) in [5.41, 5.74) is 0. The van der Waals surface area contributed by atoms with E-state index < -0.39 is 37.6 Å². The molecular weight excluding hydrogens is 192 g/mol. The Balaban J connectivity index is 3.80. The van der Waals surface area contributed by atoms with Crippen LogP contribution in [0.15, 0.2) is 0 Å². The van der Waals surface area contributed by atoms with E-state index in [9.17, 15) is 10.2 Å². The molecule has 0 amide bonds. The van der Waals surface area contributed by atoms with Crippen LogP contribution in [0.4, 0.5) is 0 Å². The van der Waals surface area contributed by atoms with Crippen molar-refractivity contribution in [2.24, 2.45) is 0 Å². The third-order valence-electron chi connectivity index (χ3n) is 1.89. The van der Waals surface area contributed by atoms with Crippen LogP contribution in [0.5, 0.6) is 0 Å². The predicted molar refractivity (Wildman–Crippen MR) is 47.4 cm³/mol. The molecule has 0 aromatic carbocycles. The van der Waals surface area contributed by atoms with Crippen molar-refractivity contribution in [1.82, 2.24) is 0 Å². The Labute approximate surface area is 82.1 Å². The summed E-state index contributed by atoms with van der Waals surface area (Å²) in [4.78, 5) is 0. The smallest absolute Gasteiger partial charge is 0.0825 e. The van der Waals surface area contributed by atoms with Gasteiger partial charge in [0.1, 0.15) is 0 Å². The molecule has 6 nitrogen and oxygen atoms in total. The second-order valence-corrected chi connectivity index (χ2v) is 3.28. The van der Waals surface area contributed by atoms with Crippen molar-refractivity contribution in [1.29, 1.82) is 0 Å². The zero-order valence-corrected chi connectivity index (χ0v) is 7.82. The Morgan fingerprint density at radius 3 is 1.14 bits per heavy atom. The molecule has 0 saturated heterocycles. The van der Waals surface area contributed by atoms with Crippen molar-refractivity contribution in [3.63, 3.8) is 0 Å². The van der Waals surface area contributed by atoms with E-state index in [4.69, 9.17) is 20.4 Å². The minimum absolute atomic E-state index is 0.171. The van der Waals surface area contributed by atoms with Gasteiger partial charge in [-0.3, -0.25) is 0 Å². The van der Waals surface area contributed by atoms with Crippen LogP contribution in [0.3, 0.4) is 0 Å². The first kappa shape index (κ1) is 13.8. The van der Waals surface area contributed by atoms with Crippen LogP contribution in [0.2, 0.25) is 0 Å². The Morgan fingerprint density at radius 1 is 0.643 bits per heavy atom. The molecule has 0 aliphatic carbocycles. The number of rotatable bonds is 7. The lowest BCUT2D eigenvalue weighted by molar-refractivity contribution is -0.0477. The SMILES string of the molecule is OCC(O)CC(O)C(O)CC(O)CO. The van der Waals surface area contributed by atoms with Crippen LogP contribution in [0.25, 0.3) is 0 Å². The summed E-state index contributed by atoms with van der Waals surface area (Å²) < 4.78 is 0. The summed E-state index contributed by atoms with van der Waals surface area (Å²) in [5, 5.41) is 53.3. The molecule has 0 rings (SSSR count). The van der Waals surface area contributed by atoms with Crippen molar-refractivity contribution < 1.29 is 30.6 Å². The lowest BCUT2D eigenvalue weighted by Crippen LogP contribution is -2.34. The zero-order valence-electron chi connectivity index (χ0n) is 7.82. The van der Waals surface area contributed by atoms with Gasteiger partial charge >= 0.3 is 0 Å². The second-order valence-electron chi connectivity index (χ2n) is 3.28. The van der Waals surface area contributed by atoms with E-state index in [0.717, 1.165) is 0 Å². The monoisotopic (exact) mass is 210 g/mol. The largest absolute Gasteiger partial charge is 0.394 e. The van der Waals surface area contributed by atoms with Crippen LogP contribution < -0.4 is 0 Å². The summed E-state index contributed by atoms with van der Waals surface area (Å²) in [6.07, 6.45) is -4.97. The highest BCUT2D eigenvalue weighted by Crippen LogP contribution is 2.08. The molecule has 0 aliphatic heterocycles. The maximum absolute atomic E-state index is 9.25. The fourth-order valence-electron chi connectivity index (χ4n) is 1.02. The summed E-state index contributed by atoms with van der Waals surface area (Å²) in [6, 6.07) is 0. The van der Waals surface area contributed by atoms with Crippen molar-refractivity contribution in [2.45, 2.75) is 37.3 Å². The van der Waals surface area contributed by atoms with Crippen LogP contribution in [0, 0.1) is 0 Å². The van der Waals surface area contributed by atoms with Gasteiger partial charge < -0.3 is 30.6 Å². The van der Waals surface area contributed by atoms with Crippen LogP contribution in [0.1, 0.15) is 12.8 Å². The minimum atomic E-state index is -1.22. The topological polar surface area (TPSA) is 121 Å². The normalized spacial score (nSPS) is 20.1. The van der Waals surface area contributed by atoms with Gasteiger partial charge in [0.25, 0.3) is 0 Å². The van der Waals surface area contributed by atoms with Gasteiger partial charge in [0.05, 0.1) is 37.6 Å². The standard InChI is InChI=1S/C8H18O6/c9-3-5(11)1-7(13)8(14)2-6(12)4-10/h5-14H,1-4H2. The van der Waals surface area contributed by atoms with Gasteiger partial charge in [0.2, 0.25) is 0 Å². The van der Waals surface area contributed by atoms with Crippen molar-refractivity contribution in [2.75, 3.05) is 13.2 Å². The number of hydrogen-bond donors (Lipinski definition) is 6.